The Hall–Kier alpha value is -1.82. The standard InChI is InChI=1S/C19H13O.C9H9P.2ClH.Zr/c1-2-6-14(7-3-1)18-10-11-19(20-18)17-12-15-8-4-5-9-16(15)13-17;1-2-8-6-7-4-3-5-9(7)10-8;;;/h1-13H;3-6H,2H2,1H3;2*1H;/q-1;;;;+3/p-2. The molecule has 5 heteroatoms. The third-order valence-electron chi connectivity index (χ3n) is 5.34. The van der Waals surface area contributed by atoms with Crippen LogP contribution in [-0.2, 0) is 26.2 Å². The monoisotopic (exact) mass is 565 g/mol. The van der Waals surface area contributed by atoms with Crippen molar-refractivity contribution >= 4 is 24.3 Å². The summed E-state index contributed by atoms with van der Waals surface area (Å²) in [5.74, 6) is 1.82. The predicted octanol–water partition coefficient (Wildman–Crippen LogP) is 2.40. The molecule has 0 saturated heterocycles. The molecule has 1 aromatic heterocycles. The molecule has 0 unspecified atom stereocenters. The first-order valence-corrected chi connectivity index (χ1v) is 11.2. The number of benzene rings is 2. The topological polar surface area (TPSA) is 13.1 Å². The van der Waals surface area contributed by atoms with E-state index in [0.717, 1.165) is 22.6 Å². The van der Waals surface area contributed by atoms with Crippen LogP contribution in [0.5, 0.6) is 0 Å². The van der Waals surface area contributed by atoms with Gasteiger partial charge in [0.15, 0.2) is 0 Å². The zero-order valence-electron chi connectivity index (χ0n) is 18.1. The van der Waals surface area contributed by atoms with E-state index in [-0.39, 0.29) is 51.0 Å². The Bertz CT molecular complexity index is 1290. The Kier molecular flexibility index (Phi) is 10.5. The molecule has 3 aromatic carbocycles. The summed E-state index contributed by atoms with van der Waals surface area (Å²) in [4.78, 5) is 0. The Morgan fingerprint density at radius 3 is 2.33 bits per heavy atom. The van der Waals surface area contributed by atoms with Gasteiger partial charge in [0.2, 0.25) is 0 Å². The molecule has 163 valence electrons. The molecule has 4 aromatic rings. The maximum Gasteiger partial charge on any atom is 3.00 e. The van der Waals surface area contributed by atoms with Crippen LogP contribution in [0.25, 0.3) is 33.4 Å². The summed E-state index contributed by atoms with van der Waals surface area (Å²) >= 11 is 0. The van der Waals surface area contributed by atoms with E-state index >= 15 is 0 Å². The van der Waals surface area contributed by atoms with Crippen LogP contribution < -0.4 is 24.8 Å². The maximum atomic E-state index is 5.99. The number of hydrogen-bond donors (Lipinski definition) is 0. The molecule has 0 saturated carbocycles. The molecule has 1 radical (unpaired) electrons. The zero-order valence-corrected chi connectivity index (χ0v) is 23.0. The molecule has 33 heavy (non-hydrogen) atoms. The maximum absolute atomic E-state index is 5.99. The minimum absolute atomic E-state index is 0. The number of halogens is 2. The van der Waals surface area contributed by atoms with Gasteiger partial charge in [0.1, 0.15) is 5.76 Å². The molecule has 6 rings (SSSR count). The second kappa shape index (κ2) is 12.6. The van der Waals surface area contributed by atoms with Crippen molar-refractivity contribution in [3.63, 3.8) is 0 Å². The fraction of sp³-hybridized carbons (Fsp3) is 0.0714. The summed E-state index contributed by atoms with van der Waals surface area (Å²) in [5.41, 5.74) is 3.67. The smallest absolute Gasteiger partial charge is 1.00 e. The van der Waals surface area contributed by atoms with Gasteiger partial charge in [-0.1, -0.05) is 81.4 Å². The molecule has 0 bridgehead atoms. The normalized spacial score (nSPS) is 13.3. The first-order chi connectivity index (χ1) is 14.8. The van der Waals surface area contributed by atoms with Crippen molar-refractivity contribution in [1.82, 2.24) is 0 Å². The molecule has 0 atom stereocenters. The van der Waals surface area contributed by atoms with Crippen molar-refractivity contribution in [2.75, 3.05) is 0 Å². The quantitative estimate of drug-likeness (QED) is 0.274. The van der Waals surface area contributed by atoms with Crippen LogP contribution in [0.2, 0.25) is 0 Å². The van der Waals surface area contributed by atoms with Crippen LogP contribution in [-0.4, -0.2) is 5.29 Å². The van der Waals surface area contributed by atoms with Crippen molar-refractivity contribution in [1.29, 1.82) is 0 Å². The largest absolute Gasteiger partial charge is 3.00 e. The number of rotatable bonds is 3. The Labute approximate surface area is 228 Å². The van der Waals surface area contributed by atoms with Crippen molar-refractivity contribution in [3.05, 3.63) is 114 Å². The van der Waals surface area contributed by atoms with Crippen LogP contribution in [0.15, 0.2) is 118 Å². The number of allylic oxidation sites excluding steroid dienone is 6. The number of furan rings is 1. The fourth-order valence-electron chi connectivity index (χ4n) is 3.74. The van der Waals surface area contributed by atoms with E-state index in [0.29, 0.717) is 0 Å². The molecule has 0 spiro atoms. The van der Waals surface area contributed by atoms with Crippen LogP contribution >= 0.6 is 8.20 Å². The van der Waals surface area contributed by atoms with E-state index in [1.54, 1.807) is 5.29 Å². The molecule has 1 nitrogen and oxygen atoms in total. The van der Waals surface area contributed by atoms with Gasteiger partial charge in [-0.05, 0) is 41.6 Å². The number of fused-ring (bicyclic) bond motifs is 2. The van der Waals surface area contributed by atoms with Gasteiger partial charge in [0.25, 0.3) is 0 Å². The van der Waals surface area contributed by atoms with Gasteiger partial charge >= 0.3 is 26.2 Å². The summed E-state index contributed by atoms with van der Waals surface area (Å²) in [6.45, 7) is 2.21. The summed E-state index contributed by atoms with van der Waals surface area (Å²) in [6, 6.07) is 27.0. The van der Waals surface area contributed by atoms with Crippen molar-refractivity contribution < 1.29 is 55.4 Å². The first kappa shape index (κ1) is 27.4. The predicted molar refractivity (Wildman–Crippen MR) is 130 cm³/mol. The van der Waals surface area contributed by atoms with Gasteiger partial charge in [0, 0.05) is 10.9 Å². The van der Waals surface area contributed by atoms with E-state index in [1.807, 2.05) is 30.3 Å². The average molecular weight is 568 g/mol. The van der Waals surface area contributed by atoms with E-state index in [1.165, 1.54) is 36.3 Å². The summed E-state index contributed by atoms with van der Waals surface area (Å²) in [6.07, 6.45) is 10.0. The summed E-state index contributed by atoms with van der Waals surface area (Å²) < 4.78 is 5.99. The molecular weight excluding hydrogens is 545 g/mol. The Morgan fingerprint density at radius 2 is 1.61 bits per heavy atom. The summed E-state index contributed by atoms with van der Waals surface area (Å²) in [7, 11) is 1.43. The third-order valence-corrected chi connectivity index (χ3v) is 6.72. The zero-order chi connectivity index (χ0) is 20.3. The molecule has 1 aliphatic heterocycles. The number of hydrogen-bond acceptors (Lipinski definition) is 1. The van der Waals surface area contributed by atoms with Crippen molar-refractivity contribution in [2.24, 2.45) is 0 Å². The molecule has 0 fully saturated rings. The minimum atomic E-state index is 0. The molecule has 0 N–H and O–H groups in total. The van der Waals surface area contributed by atoms with Gasteiger partial charge in [-0.15, -0.1) is 29.0 Å². The minimum Gasteiger partial charge on any atom is -1.00 e. The Morgan fingerprint density at radius 1 is 0.879 bits per heavy atom. The first-order valence-electron chi connectivity index (χ1n) is 10.3. The van der Waals surface area contributed by atoms with Gasteiger partial charge in [0.05, 0.1) is 5.76 Å². The molecular formula is C28H22Cl2OPZr. The van der Waals surface area contributed by atoms with Crippen LogP contribution in [0, 0.1) is 0 Å². The fourth-order valence-corrected chi connectivity index (χ4v) is 4.84. The molecule has 2 aliphatic rings. The van der Waals surface area contributed by atoms with Crippen molar-refractivity contribution in [3.8, 4) is 22.6 Å². The van der Waals surface area contributed by atoms with Crippen LogP contribution in [0.4, 0.5) is 0 Å². The second-order valence-electron chi connectivity index (χ2n) is 7.37. The van der Waals surface area contributed by atoms with Crippen LogP contribution in [0.3, 0.4) is 0 Å². The Balaban J connectivity index is 0.000000255. The second-order valence-corrected chi connectivity index (χ2v) is 8.65. The van der Waals surface area contributed by atoms with Gasteiger partial charge in [-0.2, -0.15) is 0 Å². The van der Waals surface area contributed by atoms with Crippen LogP contribution in [0.1, 0.15) is 13.3 Å². The average Bonchev–Trinajstić information content (AvgIpc) is 3.57. The van der Waals surface area contributed by atoms with Gasteiger partial charge in [-0.25, -0.2) is 0 Å². The molecule has 1 aliphatic carbocycles. The van der Waals surface area contributed by atoms with E-state index in [4.69, 9.17) is 4.42 Å². The van der Waals surface area contributed by atoms with Gasteiger partial charge < -0.3 is 29.2 Å². The third kappa shape index (κ3) is 6.20. The van der Waals surface area contributed by atoms with E-state index in [9.17, 15) is 0 Å². The van der Waals surface area contributed by atoms with Gasteiger partial charge in [-0.3, -0.25) is 0 Å². The molecule has 0 amide bonds. The van der Waals surface area contributed by atoms with E-state index in [2.05, 4.69) is 79.8 Å². The van der Waals surface area contributed by atoms with E-state index < -0.39 is 0 Å². The SMILES string of the molecule is CCC1=PC2=CC=CC2=C1.[Cl-].[Cl-].[Zr+3].c1ccc(-c2ccc(-c3cc4ccccc4[cH-]3)o2)cc1. The molecule has 2 heterocycles. The van der Waals surface area contributed by atoms with Crippen molar-refractivity contribution in [2.45, 2.75) is 13.3 Å². The summed E-state index contributed by atoms with van der Waals surface area (Å²) in [5, 5.41) is 5.53.